The van der Waals surface area contributed by atoms with E-state index in [0.29, 0.717) is 5.56 Å². The number of amides is 1. The molecule has 0 radical (unpaired) electrons. The Labute approximate surface area is 177 Å². The average molecular weight is 431 g/mol. The Bertz CT molecular complexity index is 997. The largest absolute Gasteiger partial charge is 0.372 e. The van der Waals surface area contributed by atoms with Crippen molar-refractivity contribution in [2.75, 3.05) is 20.3 Å². The fraction of sp³-hybridized carbons (Fsp3) is 0.286. The zero-order valence-electron chi connectivity index (χ0n) is 16.3. The molecule has 0 saturated carbocycles. The maximum absolute atomic E-state index is 14.5. The summed E-state index contributed by atoms with van der Waals surface area (Å²) in [5.41, 5.74) is 0.584. The molecule has 156 valence electrons. The lowest BCUT2D eigenvalue weighted by Crippen LogP contribution is -2.48. The Morgan fingerprint density at radius 1 is 1.30 bits per heavy atom. The summed E-state index contributed by atoms with van der Waals surface area (Å²) in [4.78, 5) is 11.9. The number of hydrogen-bond acceptors (Lipinski definition) is 6. The van der Waals surface area contributed by atoms with Crippen molar-refractivity contribution in [3.8, 4) is 6.07 Å². The minimum absolute atomic E-state index is 0.0686. The van der Waals surface area contributed by atoms with E-state index in [1.807, 2.05) is 12.1 Å². The van der Waals surface area contributed by atoms with Gasteiger partial charge in [0.15, 0.2) is 4.87 Å². The fourth-order valence-corrected chi connectivity index (χ4v) is 4.28. The Hall–Kier alpha value is -2.80. The van der Waals surface area contributed by atoms with E-state index in [9.17, 15) is 13.6 Å². The summed E-state index contributed by atoms with van der Waals surface area (Å²) in [6, 6.07) is 13.9. The molecule has 0 saturated heterocycles. The van der Waals surface area contributed by atoms with Crippen LogP contribution in [-0.2, 0) is 19.1 Å². The summed E-state index contributed by atoms with van der Waals surface area (Å²) in [6.07, 6.45) is -0.842. The maximum atomic E-state index is 14.5. The van der Waals surface area contributed by atoms with Crippen LogP contribution in [0.3, 0.4) is 0 Å². The van der Waals surface area contributed by atoms with Gasteiger partial charge in [-0.2, -0.15) is 10.4 Å². The van der Waals surface area contributed by atoms with Crippen molar-refractivity contribution in [1.82, 2.24) is 5.01 Å². The van der Waals surface area contributed by atoms with E-state index in [0.717, 1.165) is 30.0 Å². The normalized spacial score (nSPS) is 19.3. The van der Waals surface area contributed by atoms with Crippen LogP contribution in [0.25, 0.3) is 0 Å². The quantitative estimate of drug-likeness (QED) is 0.626. The molecule has 3 rings (SSSR count). The monoisotopic (exact) mass is 431 g/mol. The first-order chi connectivity index (χ1) is 14.4. The zero-order valence-corrected chi connectivity index (χ0v) is 17.2. The molecule has 2 atom stereocenters. The molecule has 30 heavy (non-hydrogen) atoms. The van der Waals surface area contributed by atoms with Gasteiger partial charge in [0.1, 0.15) is 29.4 Å². The highest BCUT2D eigenvalue weighted by atomic mass is 32.2. The Kier molecular flexibility index (Phi) is 6.82. The lowest BCUT2D eigenvalue weighted by atomic mass is 10.1. The maximum Gasteiger partial charge on any atom is 0.273 e. The van der Waals surface area contributed by atoms with Gasteiger partial charge in [-0.3, -0.25) is 4.79 Å². The minimum atomic E-state index is -1.23. The zero-order chi connectivity index (χ0) is 21.7. The first-order valence-electron chi connectivity index (χ1n) is 9.03. The van der Waals surface area contributed by atoms with Crippen molar-refractivity contribution in [2.45, 2.75) is 17.9 Å². The molecule has 0 fully saturated rings. The van der Waals surface area contributed by atoms with Crippen molar-refractivity contribution in [2.24, 2.45) is 5.10 Å². The molecular weight excluding hydrogens is 412 g/mol. The molecular formula is C21H19F2N3O3S. The van der Waals surface area contributed by atoms with Gasteiger partial charge < -0.3 is 9.47 Å². The van der Waals surface area contributed by atoms with E-state index < -0.39 is 28.5 Å². The van der Waals surface area contributed by atoms with E-state index in [1.54, 1.807) is 31.2 Å². The lowest BCUT2D eigenvalue weighted by Gasteiger charge is -2.36. The molecule has 0 N–H and O–H groups in total. The minimum Gasteiger partial charge on any atom is -0.372 e. The van der Waals surface area contributed by atoms with Gasteiger partial charge in [-0.15, -0.1) is 0 Å². The van der Waals surface area contributed by atoms with Gasteiger partial charge in [0.2, 0.25) is 0 Å². The number of carbonyl (C=O) groups is 1. The van der Waals surface area contributed by atoms with Gasteiger partial charge in [-0.1, -0.05) is 42.1 Å². The number of halogens is 2. The third-order valence-corrected chi connectivity index (χ3v) is 5.92. The summed E-state index contributed by atoms with van der Waals surface area (Å²) in [6.45, 7) is 1.26. The molecule has 1 amide bonds. The highest BCUT2D eigenvalue weighted by Gasteiger charge is 2.50. The number of benzene rings is 2. The van der Waals surface area contributed by atoms with Crippen LogP contribution in [0.4, 0.5) is 8.78 Å². The summed E-state index contributed by atoms with van der Waals surface area (Å²) in [5, 5.41) is 14.5. The second-order valence-electron chi connectivity index (χ2n) is 6.46. The van der Waals surface area contributed by atoms with Gasteiger partial charge in [-0.05, 0) is 30.7 Å². The number of nitrogens with zero attached hydrogens (tertiary/aromatic N) is 3. The molecule has 6 nitrogen and oxygen atoms in total. The summed E-state index contributed by atoms with van der Waals surface area (Å²) >= 11 is 1.06. The number of thioether (sulfide) groups is 1. The van der Waals surface area contributed by atoms with Crippen molar-refractivity contribution in [1.29, 1.82) is 5.26 Å². The van der Waals surface area contributed by atoms with Crippen molar-refractivity contribution in [3.05, 3.63) is 71.3 Å². The van der Waals surface area contributed by atoms with Crippen molar-refractivity contribution in [3.63, 3.8) is 0 Å². The molecule has 1 aliphatic heterocycles. The molecule has 0 aliphatic carbocycles. The molecule has 0 bridgehead atoms. The van der Waals surface area contributed by atoms with Gasteiger partial charge in [0.05, 0.1) is 12.7 Å². The Morgan fingerprint density at radius 3 is 2.70 bits per heavy atom. The molecule has 2 aromatic rings. The first kappa shape index (κ1) is 21.9. The Morgan fingerprint density at radius 2 is 2.03 bits per heavy atom. The second-order valence-corrected chi connectivity index (χ2v) is 7.73. The number of methoxy groups -OCH3 is 1. The van der Waals surface area contributed by atoms with E-state index >= 15 is 0 Å². The number of ether oxygens (including phenoxy) is 2. The standard InChI is InChI=1S/C21H19F2N3O3S/c1-14(28-2)20(27)26-21(13-29-11-10-24,15-6-4-3-5-7-15)30-19(25-26)17-12-16(22)8-9-18(17)23/h3-9,12,14H,11,13H2,1-2H3. The summed E-state index contributed by atoms with van der Waals surface area (Å²) in [7, 11) is 1.39. The third-order valence-electron chi connectivity index (χ3n) is 4.56. The van der Waals surface area contributed by atoms with Gasteiger partial charge in [0, 0.05) is 12.7 Å². The van der Waals surface area contributed by atoms with Crippen LogP contribution < -0.4 is 0 Å². The highest BCUT2D eigenvalue weighted by Crippen LogP contribution is 2.48. The van der Waals surface area contributed by atoms with Crippen LogP contribution in [0.2, 0.25) is 0 Å². The molecule has 0 aromatic heterocycles. The van der Waals surface area contributed by atoms with E-state index in [1.165, 1.54) is 12.1 Å². The molecule has 2 aromatic carbocycles. The van der Waals surface area contributed by atoms with E-state index in [-0.39, 0.29) is 23.8 Å². The summed E-state index contributed by atoms with van der Waals surface area (Å²) < 4.78 is 38.9. The SMILES string of the molecule is COC(C)C(=O)N1N=C(c2cc(F)ccc2F)SC1(COCC#N)c1ccccc1. The molecule has 9 heteroatoms. The van der Waals surface area contributed by atoms with E-state index in [4.69, 9.17) is 14.7 Å². The third kappa shape index (κ3) is 4.21. The van der Waals surface area contributed by atoms with Gasteiger partial charge >= 0.3 is 0 Å². The number of nitriles is 1. The van der Waals surface area contributed by atoms with Crippen LogP contribution in [0.5, 0.6) is 0 Å². The average Bonchev–Trinajstić information content (AvgIpc) is 3.15. The number of rotatable bonds is 7. The topological polar surface area (TPSA) is 74.9 Å². The Balaban J connectivity index is 2.14. The lowest BCUT2D eigenvalue weighted by molar-refractivity contribution is -0.146. The van der Waals surface area contributed by atoms with Crippen LogP contribution in [-0.4, -0.2) is 42.4 Å². The molecule has 1 aliphatic rings. The second kappa shape index (κ2) is 9.34. The molecule has 1 heterocycles. The predicted octanol–water partition coefficient (Wildman–Crippen LogP) is 3.63. The molecule has 0 spiro atoms. The van der Waals surface area contributed by atoms with Crippen molar-refractivity contribution < 1.29 is 23.0 Å². The smallest absolute Gasteiger partial charge is 0.273 e. The van der Waals surface area contributed by atoms with E-state index in [2.05, 4.69) is 5.10 Å². The number of hydrazone groups is 1. The van der Waals surface area contributed by atoms with Crippen LogP contribution in [0.15, 0.2) is 53.6 Å². The highest BCUT2D eigenvalue weighted by molar-refractivity contribution is 8.15. The van der Waals surface area contributed by atoms with Crippen LogP contribution >= 0.6 is 11.8 Å². The molecule has 2 unspecified atom stereocenters. The first-order valence-corrected chi connectivity index (χ1v) is 9.84. The van der Waals surface area contributed by atoms with Crippen molar-refractivity contribution >= 4 is 22.7 Å². The van der Waals surface area contributed by atoms with Crippen LogP contribution in [0, 0.1) is 23.0 Å². The number of carbonyl (C=O) groups excluding carboxylic acids is 1. The van der Waals surface area contributed by atoms with Crippen LogP contribution in [0.1, 0.15) is 18.1 Å². The summed E-state index contributed by atoms with van der Waals surface area (Å²) in [5.74, 6) is -1.78. The number of hydrogen-bond donors (Lipinski definition) is 0. The van der Waals surface area contributed by atoms with Gasteiger partial charge in [0.25, 0.3) is 5.91 Å². The predicted molar refractivity (Wildman–Crippen MR) is 108 cm³/mol. The van der Waals surface area contributed by atoms with Gasteiger partial charge in [-0.25, -0.2) is 13.8 Å². The fourth-order valence-electron chi connectivity index (χ4n) is 2.95.